The van der Waals surface area contributed by atoms with Crippen LogP contribution in [0.3, 0.4) is 0 Å². The molecule has 2 aliphatic rings. The Balaban J connectivity index is 1.73. The molecule has 17 heavy (non-hydrogen) atoms. The highest BCUT2D eigenvalue weighted by atomic mass is 35.5. The average molecular weight is 252 g/mol. The van der Waals surface area contributed by atoms with Gasteiger partial charge in [0.25, 0.3) is 0 Å². The number of fused-ring (bicyclic) bond motifs is 2. The average Bonchev–Trinajstić information content (AvgIpc) is 2.68. The Bertz CT molecular complexity index is 380. The zero-order valence-electron chi connectivity index (χ0n) is 10.1. The van der Waals surface area contributed by atoms with Crippen LogP contribution < -0.4 is 4.90 Å². The monoisotopic (exact) mass is 251 g/mol. The van der Waals surface area contributed by atoms with E-state index in [1.54, 1.807) is 0 Å². The summed E-state index contributed by atoms with van der Waals surface area (Å²) in [6, 6.07) is 4.42. The zero-order valence-corrected chi connectivity index (χ0v) is 10.9. The van der Waals surface area contributed by atoms with Crippen LogP contribution in [-0.2, 0) is 0 Å². The van der Waals surface area contributed by atoms with Crippen LogP contribution in [0.25, 0.3) is 0 Å². The molecule has 3 atom stereocenters. The van der Waals surface area contributed by atoms with Crippen LogP contribution in [0.2, 0.25) is 5.15 Å². The lowest BCUT2D eigenvalue weighted by Crippen LogP contribution is -2.37. The highest BCUT2D eigenvalue weighted by molar-refractivity contribution is 6.29. The summed E-state index contributed by atoms with van der Waals surface area (Å²) < 4.78 is 0. The predicted octanol–water partition coefficient (Wildman–Crippen LogP) is 3.14. The number of nitrogens with zero attached hydrogens (tertiary/aromatic N) is 3. The maximum Gasteiger partial charge on any atom is 0.151 e. The van der Waals surface area contributed by atoms with Gasteiger partial charge >= 0.3 is 0 Å². The number of hydrogen-bond acceptors (Lipinski definition) is 3. The first-order valence-electron chi connectivity index (χ1n) is 6.44. The van der Waals surface area contributed by atoms with Crippen molar-refractivity contribution in [3.8, 4) is 0 Å². The molecule has 2 bridgehead atoms. The van der Waals surface area contributed by atoms with Crippen molar-refractivity contribution in [1.82, 2.24) is 10.2 Å². The lowest BCUT2D eigenvalue weighted by atomic mass is 9.85. The zero-order chi connectivity index (χ0) is 11.8. The van der Waals surface area contributed by atoms with Crippen molar-refractivity contribution in [2.24, 2.45) is 11.8 Å². The van der Waals surface area contributed by atoms with Crippen molar-refractivity contribution in [3.05, 3.63) is 17.3 Å². The molecule has 0 N–H and O–H groups in total. The van der Waals surface area contributed by atoms with Crippen molar-refractivity contribution in [3.63, 3.8) is 0 Å². The SMILES string of the molecule is CN(c1ccc(Cl)nn1)C1C[C@H]2CC[C@@H](C1)C2. The lowest BCUT2D eigenvalue weighted by Gasteiger charge is -2.35. The third-order valence-electron chi connectivity index (χ3n) is 4.39. The van der Waals surface area contributed by atoms with Gasteiger partial charge in [0.1, 0.15) is 0 Å². The third kappa shape index (κ3) is 2.25. The van der Waals surface area contributed by atoms with E-state index in [2.05, 4.69) is 22.1 Å². The van der Waals surface area contributed by atoms with Gasteiger partial charge in [0.15, 0.2) is 11.0 Å². The summed E-state index contributed by atoms with van der Waals surface area (Å²) in [5.74, 6) is 2.84. The number of anilines is 1. The van der Waals surface area contributed by atoms with Gasteiger partial charge < -0.3 is 4.90 Å². The fourth-order valence-corrected chi connectivity index (χ4v) is 3.57. The molecule has 1 heterocycles. The molecule has 1 aromatic rings. The fraction of sp³-hybridized carbons (Fsp3) is 0.692. The number of rotatable bonds is 2. The Hall–Kier alpha value is -0.830. The van der Waals surface area contributed by atoms with Crippen molar-refractivity contribution >= 4 is 17.4 Å². The van der Waals surface area contributed by atoms with E-state index in [4.69, 9.17) is 11.6 Å². The molecule has 4 heteroatoms. The normalized spacial score (nSPS) is 31.5. The minimum Gasteiger partial charge on any atom is -0.355 e. The largest absolute Gasteiger partial charge is 0.355 e. The van der Waals surface area contributed by atoms with Gasteiger partial charge in [-0.3, -0.25) is 0 Å². The van der Waals surface area contributed by atoms with E-state index in [1.807, 2.05) is 12.1 Å². The van der Waals surface area contributed by atoms with E-state index in [0.29, 0.717) is 11.2 Å². The summed E-state index contributed by atoms with van der Waals surface area (Å²) in [5.41, 5.74) is 0. The Morgan fingerprint density at radius 3 is 2.41 bits per heavy atom. The van der Waals surface area contributed by atoms with E-state index in [-0.39, 0.29) is 0 Å². The molecule has 3 nitrogen and oxygen atoms in total. The third-order valence-corrected chi connectivity index (χ3v) is 4.59. The van der Waals surface area contributed by atoms with Gasteiger partial charge in [0.2, 0.25) is 0 Å². The Morgan fingerprint density at radius 2 is 1.82 bits per heavy atom. The van der Waals surface area contributed by atoms with Crippen LogP contribution in [0.4, 0.5) is 5.82 Å². The van der Waals surface area contributed by atoms with Gasteiger partial charge in [-0.05, 0) is 43.2 Å². The quantitative estimate of drug-likeness (QED) is 0.809. The molecule has 2 saturated carbocycles. The van der Waals surface area contributed by atoms with Gasteiger partial charge in [-0.2, -0.15) is 0 Å². The van der Waals surface area contributed by atoms with Gasteiger partial charge in [-0.15, -0.1) is 10.2 Å². The first-order valence-corrected chi connectivity index (χ1v) is 6.82. The second kappa shape index (κ2) is 4.45. The Kier molecular flexibility index (Phi) is 2.95. The van der Waals surface area contributed by atoms with Crippen molar-refractivity contribution in [2.75, 3.05) is 11.9 Å². The lowest BCUT2D eigenvalue weighted by molar-refractivity contribution is 0.312. The van der Waals surface area contributed by atoms with E-state index < -0.39 is 0 Å². The minimum atomic E-state index is 0.464. The van der Waals surface area contributed by atoms with Crippen LogP contribution in [0.1, 0.15) is 32.1 Å². The maximum atomic E-state index is 5.77. The number of hydrogen-bond donors (Lipinski definition) is 0. The molecule has 0 spiro atoms. The molecule has 2 aliphatic carbocycles. The number of halogens is 1. The van der Waals surface area contributed by atoms with Crippen LogP contribution in [0.5, 0.6) is 0 Å². The summed E-state index contributed by atoms with van der Waals surface area (Å²) in [6.45, 7) is 0. The second-order valence-electron chi connectivity index (χ2n) is 5.50. The molecule has 0 saturated heterocycles. The minimum absolute atomic E-state index is 0.464. The standard InChI is InChI=1S/C13H18ClN3/c1-17(13-5-4-12(14)15-16-13)11-7-9-2-3-10(6-9)8-11/h4-5,9-11H,2-3,6-8H2,1H3/t9-,10+,11?. The molecule has 1 unspecified atom stereocenters. The highest BCUT2D eigenvalue weighted by Gasteiger charge is 2.35. The molecule has 92 valence electrons. The van der Waals surface area contributed by atoms with Crippen LogP contribution in [-0.4, -0.2) is 23.3 Å². The summed E-state index contributed by atoms with van der Waals surface area (Å²) in [5, 5.41) is 8.55. The first-order chi connectivity index (χ1) is 8.22. The molecule has 1 aromatic heterocycles. The molecule has 2 fully saturated rings. The highest BCUT2D eigenvalue weighted by Crippen LogP contribution is 2.43. The first kappa shape index (κ1) is 11.3. The Labute approximate surface area is 107 Å². The molecular formula is C13H18ClN3. The summed E-state index contributed by atoms with van der Waals surface area (Å²) >= 11 is 5.77. The van der Waals surface area contributed by atoms with Crippen molar-refractivity contribution < 1.29 is 0 Å². The predicted molar refractivity (Wildman–Crippen MR) is 69.3 cm³/mol. The molecule has 3 rings (SSSR count). The molecule has 0 radical (unpaired) electrons. The second-order valence-corrected chi connectivity index (χ2v) is 5.88. The summed E-state index contributed by atoms with van der Waals surface area (Å²) in [7, 11) is 2.13. The van der Waals surface area contributed by atoms with E-state index in [0.717, 1.165) is 17.7 Å². The van der Waals surface area contributed by atoms with Crippen molar-refractivity contribution in [2.45, 2.75) is 38.1 Å². The van der Waals surface area contributed by atoms with E-state index in [1.165, 1.54) is 32.1 Å². The molecular weight excluding hydrogens is 234 g/mol. The summed E-state index contributed by atoms with van der Waals surface area (Å²) in [6.07, 6.45) is 6.95. The van der Waals surface area contributed by atoms with Gasteiger partial charge in [-0.25, -0.2) is 0 Å². The van der Waals surface area contributed by atoms with E-state index >= 15 is 0 Å². The smallest absolute Gasteiger partial charge is 0.151 e. The van der Waals surface area contributed by atoms with Gasteiger partial charge in [-0.1, -0.05) is 24.4 Å². The van der Waals surface area contributed by atoms with Crippen LogP contribution in [0, 0.1) is 11.8 Å². The molecule has 0 amide bonds. The van der Waals surface area contributed by atoms with Gasteiger partial charge in [0.05, 0.1) is 0 Å². The Morgan fingerprint density at radius 1 is 1.12 bits per heavy atom. The molecule has 0 aliphatic heterocycles. The topological polar surface area (TPSA) is 29.0 Å². The van der Waals surface area contributed by atoms with Crippen LogP contribution in [0.15, 0.2) is 12.1 Å². The van der Waals surface area contributed by atoms with Crippen LogP contribution >= 0.6 is 11.6 Å². The van der Waals surface area contributed by atoms with Crippen molar-refractivity contribution in [1.29, 1.82) is 0 Å². The summed E-state index contributed by atoms with van der Waals surface area (Å²) in [4.78, 5) is 2.29. The number of aromatic nitrogens is 2. The maximum absolute atomic E-state index is 5.77. The van der Waals surface area contributed by atoms with E-state index in [9.17, 15) is 0 Å². The molecule has 0 aromatic carbocycles. The fourth-order valence-electron chi connectivity index (χ4n) is 3.47. The van der Waals surface area contributed by atoms with Gasteiger partial charge in [0, 0.05) is 13.1 Å².